The van der Waals surface area contributed by atoms with Crippen LogP contribution in [0, 0.1) is 5.92 Å². The number of ether oxygens (including phenoxy) is 1. The van der Waals surface area contributed by atoms with Crippen molar-refractivity contribution in [3.63, 3.8) is 0 Å². The summed E-state index contributed by atoms with van der Waals surface area (Å²) < 4.78 is 5.73. The molecule has 1 aliphatic carbocycles. The van der Waals surface area contributed by atoms with Gasteiger partial charge in [-0.3, -0.25) is 4.79 Å². The van der Waals surface area contributed by atoms with E-state index in [1.54, 1.807) is 0 Å². The van der Waals surface area contributed by atoms with Gasteiger partial charge in [0.25, 0.3) is 0 Å². The molecule has 1 saturated carbocycles. The molecule has 5 heteroatoms. The molecule has 0 bridgehead atoms. The third-order valence-corrected chi connectivity index (χ3v) is 4.86. The Morgan fingerprint density at radius 2 is 2.11 bits per heavy atom. The van der Waals surface area contributed by atoms with Crippen molar-refractivity contribution < 1.29 is 9.53 Å². The van der Waals surface area contributed by atoms with E-state index in [2.05, 4.69) is 10.2 Å². The van der Waals surface area contributed by atoms with Crippen LogP contribution in [0.1, 0.15) is 32.1 Å². The highest BCUT2D eigenvalue weighted by molar-refractivity contribution is 5.76. The van der Waals surface area contributed by atoms with Gasteiger partial charge in [0.1, 0.15) is 0 Å². The van der Waals surface area contributed by atoms with Gasteiger partial charge in [0.05, 0.1) is 12.1 Å². The molecular weight excluding hydrogens is 242 g/mol. The van der Waals surface area contributed by atoms with Gasteiger partial charge in [-0.1, -0.05) is 0 Å². The first kappa shape index (κ1) is 13.3. The van der Waals surface area contributed by atoms with E-state index >= 15 is 0 Å². The maximum atomic E-state index is 12.0. The van der Waals surface area contributed by atoms with Crippen molar-refractivity contribution in [2.45, 2.75) is 50.3 Å². The van der Waals surface area contributed by atoms with E-state index in [1.165, 1.54) is 12.8 Å². The minimum atomic E-state index is 0.0383. The van der Waals surface area contributed by atoms with Crippen LogP contribution in [0.25, 0.3) is 0 Å². The average molecular weight is 267 g/mol. The molecule has 19 heavy (non-hydrogen) atoms. The Labute approximate surface area is 114 Å². The predicted molar refractivity (Wildman–Crippen MR) is 72.7 cm³/mol. The first-order valence-corrected chi connectivity index (χ1v) is 7.64. The molecule has 0 radical (unpaired) electrons. The molecular formula is C14H25N3O2. The fourth-order valence-corrected chi connectivity index (χ4v) is 3.65. The lowest BCUT2D eigenvalue weighted by Crippen LogP contribution is -2.72. The molecule has 0 spiro atoms. The zero-order valence-corrected chi connectivity index (χ0v) is 11.5. The van der Waals surface area contributed by atoms with Crippen molar-refractivity contribution in [2.24, 2.45) is 11.7 Å². The SMILES string of the molecule is NC1C2CCCOC2C1NC(=O)CCN1CCCC1. The summed E-state index contributed by atoms with van der Waals surface area (Å²) >= 11 is 0. The Morgan fingerprint density at radius 3 is 2.89 bits per heavy atom. The van der Waals surface area contributed by atoms with Crippen molar-refractivity contribution >= 4 is 5.91 Å². The fraction of sp³-hybridized carbons (Fsp3) is 0.929. The Balaban J connectivity index is 1.41. The summed E-state index contributed by atoms with van der Waals surface area (Å²) in [6.07, 6.45) is 5.54. The fourth-order valence-electron chi connectivity index (χ4n) is 3.65. The topological polar surface area (TPSA) is 67.6 Å². The van der Waals surface area contributed by atoms with E-state index in [1.807, 2.05) is 0 Å². The number of carbonyl (C=O) groups excluding carboxylic acids is 1. The molecule has 4 atom stereocenters. The summed E-state index contributed by atoms with van der Waals surface area (Å²) in [6.45, 7) is 3.98. The number of fused-ring (bicyclic) bond motifs is 1. The van der Waals surface area contributed by atoms with E-state index in [0.717, 1.165) is 39.1 Å². The van der Waals surface area contributed by atoms with Gasteiger partial charge in [0, 0.05) is 31.5 Å². The van der Waals surface area contributed by atoms with Crippen molar-refractivity contribution in [3.05, 3.63) is 0 Å². The second kappa shape index (κ2) is 5.77. The third-order valence-electron chi connectivity index (χ3n) is 4.86. The predicted octanol–water partition coefficient (Wildman–Crippen LogP) is 0.0932. The maximum Gasteiger partial charge on any atom is 0.221 e. The molecule has 0 aromatic heterocycles. The normalized spacial score (nSPS) is 38.6. The molecule has 4 unspecified atom stereocenters. The molecule has 2 heterocycles. The molecule has 2 saturated heterocycles. The highest BCUT2D eigenvalue weighted by Gasteiger charge is 2.50. The first-order chi connectivity index (χ1) is 9.25. The van der Waals surface area contributed by atoms with Crippen molar-refractivity contribution in [1.82, 2.24) is 10.2 Å². The molecule has 5 nitrogen and oxygen atoms in total. The number of likely N-dealkylation sites (tertiary alicyclic amines) is 1. The minimum absolute atomic E-state index is 0.0383. The molecule has 2 aliphatic heterocycles. The number of hydrogen-bond acceptors (Lipinski definition) is 4. The van der Waals surface area contributed by atoms with Gasteiger partial charge >= 0.3 is 0 Å². The number of hydrogen-bond donors (Lipinski definition) is 2. The van der Waals surface area contributed by atoms with Crippen LogP contribution in [-0.2, 0) is 9.53 Å². The Hall–Kier alpha value is -0.650. The van der Waals surface area contributed by atoms with Crippen LogP contribution in [0.15, 0.2) is 0 Å². The molecule has 3 fully saturated rings. The smallest absolute Gasteiger partial charge is 0.221 e. The van der Waals surface area contributed by atoms with E-state index in [0.29, 0.717) is 12.3 Å². The highest BCUT2D eigenvalue weighted by atomic mass is 16.5. The number of nitrogens with zero attached hydrogens (tertiary/aromatic N) is 1. The Bertz CT molecular complexity index is 331. The third kappa shape index (κ3) is 2.78. The van der Waals surface area contributed by atoms with E-state index in [-0.39, 0.29) is 24.1 Å². The monoisotopic (exact) mass is 267 g/mol. The van der Waals surface area contributed by atoms with Gasteiger partial charge in [0.2, 0.25) is 5.91 Å². The molecule has 3 N–H and O–H groups in total. The van der Waals surface area contributed by atoms with Crippen molar-refractivity contribution in [1.29, 1.82) is 0 Å². The summed E-state index contributed by atoms with van der Waals surface area (Å²) in [4.78, 5) is 14.3. The number of rotatable bonds is 4. The van der Waals surface area contributed by atoms with Crippen LogP contribution < -0.4 is 11.1 Å². The number of amides is 1. The molecule has 0 aromatic carbocycles. The zero-order valence-electron chi connectivity index (χ0n) is 11.5. The lowest BCUT2D eigenvalue weighted by atomic mass is 9.68. The quantitative estimate of drug-likeness (QED) is 0.758. The number of nitrogens with one attached hydrogen (secondary N) is 1. The summed E-state index contributed by atoms with van der Waals surface area (Å²) in [5.41, 5.74) is 6.14. The Morgan fingerprint density at radius 1 is 1.32 bits per heavy atom. The van der Waals surface area contributed by atoms with Crippen LogP contribution in [0.3, 0.4) is 0 Å². The van der Waals surface area contributed by atoms with E-state index in [4.69, 9.17) is 10.5 Å². The standard InChI is InChI=1S/C14H25N3O2/c15-12-10-4-3-9-19-14(10)13(12)16-11(18)5-8-17-6-1-2-7-17/h10,12-14H,1-9,15H2,(H,16,18). The summed E-state index contributed by atoms with van der Waals surface area (Å²) in [5, 5.41) is 3.07. The first-order valence-electron chi connectivity index (χ1n) is 7.64. The molecule has 0 aromatic rings. The van der Waals surface area contributed by atoms with Crippen LogP contribution >= 0.6 is 0 Å². The van der Waals surface area contributed by atoms with E-state index in [9.17, 15) is 4.79 Å². The van der Waals surface area contributed by atoms with Crippen LogP contribution in [0.2, 0.25) is 0 Å². The maximum absolute atomic E-state index is 12.0. The van der Waals surface area contributed by atoms with Gasteiger partial charge < -0.3 is 20.7 Å². The summed E-state index contributed by atoms with van der Waals surface area (Å²) in [5.74, 6) is 0.581. The lowest BCUT2D eigenvalue weighted by Gasteiger charge is -2.52. The van der Waals surface area contributed by atoms with Gasteiger partial charge in [-0.05, 0) is 38.8 Å². The highest BCUT2D eigenvalue weighted by Crippen LogP contribution is 2.36. The molecule has 1 amide bonds. The van der Waals surface area contributed by atoms with Crippen LogP contribution in [-0.4, -0.2) is 55.2 Å². The van der Waals surface area contributed by atoms with Crippen LogP contribution in [0.4, 0.5) is 0 Å². The molecule has 108 valence electrons. The van der Waals surface area contributed by atoms with Crippen molar-refractivity contribution in [2.75, 3.05) is 26.2 Å². The Kier molecular flexibility index (Phi) is 4.05. The summed E-state index contributed by atoms with van der Waals surface area (Å²) in [7, 11) is 0. The zero-order chi connectivity index (χ0) is 13.2. The van der Waals surface area contributed by atoms with Crippen LogP contribution in [0.5, 0.6) is 0 Å². The second-order valence-electron chi connectivity index (χ2n) is 6.11. The van der Waals surface area contributed by atoms with Gasteiger partial charge in [-0.2, -0.15) is 0 Å². The minimum Gasteiger partial charge on any atom is -0.376 e. The largest absolute Gasteiger partial charge is 0.376 e. The number of carbonyl (C=O) groups is 1. The van der Waals surface area contributed by atoms with E-state index < -0.39 is 0 Å². The van der Waals surface area contributed by atoms with Gasteiger partial charge in [-0.25, -0.2) is 0 Å². The van der Waals surface area contributed by atoms with Crippen molar-refractivity contribution in [3.8, 4) is 0 Å². The molecule has 3 aliphatic rings. The van der Waals surface area contributed by atoms with Gasteiger partial charge in [-0.15, -0.1) is 0 Å². The molecule has 3 rings (SSSR count). The number of nitrogens with two attached hydrogens (primary N) is 1. The summed E-state index contributed by atoms with van der Waals surface area (Å²) in [6, 6.07) is 0.123. The van der Waals surface area contributed by atoms with Gasteiger partial charge in [0.15, 0.2) is 0 Å². The average Bonchev–Trinajstić information content (AvgIpc) is 2.95. The second-order valence-corrected chi connectivity index (χ2v) is 6.11. The lowest BCUT2D eigenvalue weighted by molar-refractivity contribution is -0.139.